The van der Waals surface area contributed by atoms with Crippen molar-refractivity contribution >= 4 is 6.08 Å². The Balaban J connectivity index is 2.58. The highest BCUT2D eigenvalue weighted by Gasteiger charge is 2.11. The molecule has 0 bridgehead atoms. The van der Waals surface area contributed by atoms with Crippen molar-refractivity contribution < 1.29 is 0 Å². The monoisotopic (exact) mass is 143 g/mol. The van der Waals surface area contributed by atoms with E-state index in [9.17, 15) is 0 Å². The van der Waals surface area contributed by atoms with Crippen molar-refractivity contribution in [2.75, 3.05) is 0 Å². The summed E-state index contributed by atoms with van der Waals surface area (Å²) in [6, 6.07) is 6.44. The fraction of sp³-hybridized carbons (Fsp3) is 0.182. The summed E-state index contributed by atoms with van der Waals surface area (Å²) in [7, 11) is 0. The van der Waals surface area contributed by atoms with Crippen LogP contribution < -0.4 is 0 Å². The fourth-order valence-electron chi connectivity index (χ4n) is 1.66. The molecule has 1 aromatic carbocycles. The Morgan fingerprint density at radius 2 is 2.18 bits per heavy atom. The summed E-state index contributed by atoms with van der Waals surface area (Å²) in [6.45, 7) is 3.79. The molecular weight excluding hydrogens is 132 g/mol. The second kappa shape index (κ2) is 2.54. The van der Waals surface area contributed by atoms with Gasteiger partial charge in [-0.2, -0.15) is 0 Å². The van der Waals surface area contributed by atoms with Crippen molar-refractivity contribution in [1.82, 2.24) is 0 Å². The van der Waals surface area contributed by atoms with Gasteiger partial charge in [0.2, 0.25) is 0 Å². The molecule has 0 nitrogen and oxygen atoms in total. The Morgan fingerprint density at radius 3 is 3.00 bits per heavy atom. The Bertz CT molecular complexity index is 284. The van der Waals surface area contributed by atoms with Gasteiger partial charge in [0.1, 0.15) is 0 Å². The van der Waals surface area contributed by atoms with Crippen LogP contribution in [-0.4, -0.2) is 0 Å². The lowest BCUT2D eigenvalue weighted by molar-refractivity contribution is 1.17. The first kappa shape index (κ1) is 6.66. The van der Waals surface area contributed by atoms with Crippen LogP contribution in [0, 0.1) is 6.42 Å². The fourth-order valence-corrected chi connectivity index (χ4v) is 1.66. The Hall–Kier alpha value is -1.04. The van der Waals surface area contributed by atoms with E-state index in [0.29, 0.717) is 0 Å². The number of rotatable bonds is 1. The van der Waals surface area contributed by atoms with Gasteiger partial charge in [-0.05, 0) is 36.0 Å². The lowest BCUT2D eigenvalue weighted by atomic mass is 10.0. The molecule has 55 valence electrons. The highest BCUT2D eigenvalue weighted by molar-refractivity contribution is 5.56. The summed E-state index contributed by atoms with van der Waals surface area (Å²) >= 11 is 0. The zero-order valence-electron chi connectivity index (χ0n) is 6.51. The zero-order chi connectivity index (χ0) is 7.68. The quantitative estimate of drug-likeness (QED) is 0.567. The van der Waals surface area contributed by atoms with Crippen molar-refractivity contribution in [3.8, 4) is 0 Å². The first-order chi connectivity index (χ1) is 5.42. The number of hydrogen-bond donors (Lipinski definition) is 0. The molecule has 1 aliphatic rings. The van der Waals surface area contributed by atoms with Gasteiger partial charge in [0, 0.05) is 0 Å². The molecule has 0 N–H and O–H groups in total. The van der Waals surface area contributed by atoms with Crippen LogP contribution in [0.1, 0.15) is 16.7 Å². The molecule has 0 saturated carbocycles. The van der Waals surface area contributed by atoms with E-state index in [0.717, 1.165) is 12.8 Å². The van der Waals surface area contributed by atoms with Crippen molar-refractivity contribution in [3.05, 3.63) is 47.9 Å². The molecule has 1 aromatic rings. The van der Waals surface area contributed by atoms with E-state index in [1.807, 2.05) is 6.08 Å². The summed E-state index contributed by atoms with van der Waals surface area (Å²) in [4.78, 5) is 0. The summed E-state index contributed by atoms with van der Waals surface area (Å²) in [5.41, 5.74) is 4.25. The molecule has 0 amide bonds. The van der Waals surface area contributed by atoms with Crippen LogP contribution >= 0.6 is 0 Å². The third-order valence-electron chi connectivity index (χ3n) is 2.24. The molecule has 0 aliphatic heterocycles. The predicted molar refractivity (Wildman–Crippen MR) is 48.2 cm³/mol. The summed E-state index contributed by atoms with van der Waals surface area (Å²) < 4.78 is 0. The second-order valence-electron chi connectivity index (χ2n) is 2.89. The largest absolute Gasteiger partial charge is 0.0985 e. The van der Waals surface area contributed by atoms with Gasteiger partial charge in [-0.25, -0.2) is 0 Å². The lowest BCUT2D eigenvalue weighted by Crippen LogP contribution is -1.85. The third kappa shape index (κ3) is 0.988. The maximum absolute atomic E-state index is 3.79. The van der Waals surface area contributed by atoms with Crippen LogP contribution in [0.25, 0.3) is 6.08 Å². The zero-order valence-corrected chi connectivity index (χ0v) is 6.51. The van der Waals surface area contributed by atoms with Crippen molar-refractivity contribution in [3.63, 3.8) is 0 Å². The van der Waals surface area contributed by atoms with E-state index in [1.165, 1.54) is 16.7 Å². The molecule has 0 heteroatoms. The van der Waals surface area contributed by atoms with E-state index < -0.39 is 0 Å². The highest BCUT2D eigenvalue weighted by atomic mass is 14.2. The number of benzene rings is 1. The molecule has 1 aliphatic carbocycles. The van der Waals surface area contributed by atoms with Crippen LogP contribution in [-0.2, 0) is 12.8 Å². The van der Waals surface area contributed by atoms with Crippen molar-refractivity contribution in [2.45, 2.75) is 12.8 Å². The maximum Gasteiger partial charge on any atom is -0.0228 e. The van der Waals surface area contributed by atoms with Crippen molar-refractivity contribution in [2.24, 2.45) is 0 Å². The number of hydrogen-bond acceptors (Lipinski definition) is 0. The second-order valence-corrected chi connectivity index (χ2v) is 2.89. The highest BCUT2D eigenvalue weighted by Crippen LogP contribution is 2.24. The standard InChI is InChI=1S/C11H11/c1-2-9-5-3-6-10-7-4-8-11(9)10/h2-6H,1,7-8H2. The van der Waals surface area contributed by atoms with E-state index in [4.69, 9.17) is 0 Å². The van der Waals surface area contributed by atoms with Crippen LogP contribution in [0.3, 0.4) is 0 Å². The SMILES string of the molecule is C=Cc1cccc2c1C[CH]C2. The van der Waals surface area contributed by atoms with Gasteiger partial charge in [0.25, 0.3) is 0 Å². The summed E-state index contributed by atoms with van der Waals surface area (Å²) in [5.74, 6) is 0. The van der Waals surface area contributed by atoms with Crippen LogP contribution in [0.5, 0.6) is 0 Å². The molecule has 1 radical (unpaired) electrons. The third-order valence-corrected chi connectivity index (χ3v) is 2.24. The predicted octanol–water partition coefficient (Wildman–Crippen LogP) is 2.63. The molecular formula is C11H11. The Morgan fingerprint density at radius 1 is 1.27 bits per heavy atom. The summed E-state index contributed by atoms with van der Waals surface area (Å²) in [6.07, 6.45) is 6.52. The minimum absolute atomic E-state index is 1.12. The molecule has 0 saturated heterocycles. The maximum atomic E-state index is 3.79. The van der Waals surface area contributed by atoms with E-state index >= 15 is 0 Å². The van der Waals surface area contributed by atoms with Crippen LogP contribution in [0.2, 0.25) is 0 Å². The molecule has 11 heavy (non-hydrogen) atoms. The van der Waals surface area contributed by atoms with Gasteiger partial charge in [-0.1, -0.05) is 30.9 Å². The molecule has 0 unspecified atom stereocenters. The van der Waals surface area contributed by atoms with E-state index in [1.54, 1.807) is 0 Å². The van der Waals surface area contributed by atoms with Crippen LogP contribution in [0.15, 0.2) is 24.8 Å². The normalized spacial score (nSPS) is 14.5. The minimum atomic E-state index is 1.12. The molecule has 0 heterocycles. The van der Waals surface area contributed by atoms with Gasteiger partial charge in [0.05, 0.1) is 0 Å². The molecule has 0 spiro atoms. The average molecular weight is 143 g/mol. The topological polar surface area (TPSA) is 0 Å². The number of fused-ring (bicyclic) bond motifs is 1. The Labute approximate surface area is 67.6 Å². The van der Waals surface area contributed by atoms with Gasteiger partial charge in [-0.15, -0.1) is 0 Å². The molecule has 0 fully saturated rings. The van der Waals surface area contributed by atoms with E-state index in [-0.39, 0.29) is 0 Å². The summed E-state index contributed by atoms with van der Waals surface area (Å²) in [5, 5.41) is 0. The van der Waals surface area contributed by atoms with Gasteiger partial charge < -0.3 is 0 Å². The van der Waals surface area contributed by atoms with E-state index in [2.05, 4.69) is 31.2 Å². The first-order valence-electron chi connectivity index (χ1n) is 3.96. The average Bonchev–Trinajstić information content (AvgIpc) is 2.50. The Kier molecular flexibility index (Phi) is 1.54. The van der Waals surface area contributed by atoms with Crippen LogP contribution in [0.4, 0.5) is 0 Å². The van der Waals surface area contributed by atoms with Gasteiger partial charge in [0.15, 0.2) is 0 Å². The molecule has 0 atom stereocenters. The van der Waals surface area contributed by atoms with Crippen molar-refractivity contribution in [1.29, 1.82) is 0 Å². The first-order valence-corrected chi connectivity index (χ1v) is 3.96. The minimum Gasteiger partial charge on any atom is -0.0985 e. The molecule has 2 rings (SSSR count). The van der Waals surface area contributed by atoms with Gasteiger partial charge in [-0.3, -0.25) is 0 Å². The smallest absolute Gasteiger partial charge is 0.0228 e. The lowest BCUT2D eigenvalue weighted by Gasteiger charge is -2.01. The van der Waals surface area contributed by atoms with Gasteiger partial charge >= 0.3 is 0 Å². The molecule has 0 aromatic heterocycles.